The Kier molecular flexibility index (Phi) is 15.4. The number of ether oxygens (including phenoxy) is 2. The molecule has 0 heterocycles. The number of benzene rings is 1. The maximum atomic E-state index is 12.3. The zero-order valence-electron chi connectivity index (χ0n) is 25.0. The number of phenols is 2. The van der Waals surface area contributed by atoms with Crippen molar-refractivity contribution in [1.29, 1.82) is 0 Å². The summed E-state index contributed by atoms with van der Waals surface area (Å²) in [5.41, 5.74) is 0.369. The SMILES string of the molecule is CCCCCCOC(=O)CCCC(C)(C)c1cc(O)c(C(C)(CC)CCC(=O)OCCCCCC)cc1O. The van der Waals surface area contributed by atoms with Crippen LogP contribution in [0.4, 0.5) is 0 Å². The molecule has 0 saturated heterocycles. The first-order valence-corrected chi connectivity index (χ1v) is 14.9. The Morgan fingerprint density at radius 1 is 0.684 bits per heavy atom. The third kappa shape index (κ3) is 11.7. The Balaban J connectivity index is 2.74. The molecule has 0 spiro atoms. The number of rotatable bonds is 20. The van der Waals surface area contributed by atoms with Crippen LogP contribution in [0.25, 0.3) is 0 Å². The van der Waals surface area contributed by atoms with Crippen molar-refractivity contribution in [3.63, 3.8) is 0 Å². The quantitative estimate of drug-likeness (QED) is 0.0994. The first kappa shape index (κ1) is 33.8. The summed E-state index contributed by atoms with van der Waals surface area (Å²) in [6, 6.07) is 3.30. The van der Waals surface area contributed by atoms with E-state index < -0.39 is 10.8 Å². The van der Waals surface area contributed by atoms with Gasteiger partial charge in [0, 0.05) is 24.0 Å². The third-order valence-electron chi connectivity index (χ3n) is 7.86. The fourth-order valence-electron chi connectivity index (χ4n) is 4.87. The van der Waals surface area contributed by atoms with Gasteiger partial charge in [0.2, 0.25) is 0 Å². The Bertz CT molecular complexity index is 847. The highest BCUT2D eigenvalue weighted by molar-refractivity contribution is 5.70. The first-order valence-electron chi connectivity index (χ1n) is 14.9. The molecule has 0 aliphatic rings. The zero-order valence-corrected chi connectivity index (χ0v) is 25.0. The molecule has 0 saturated carbocycles. The molecular formula is C32H54O6. The van der Waals surface area contributed by atoms with Crippen LogP contribution in [-0.4, -0.2) is 35.4 Å². The number of unbranched alkanes of at least 4 members (excludes halogenated alkanes) is 6. The lowest BCUT2D eigenvalue weighted by Crippen LogP contribution is -2.24. The van der Waals surface area contributed by atoms with Crippen LogP contribution in [0, 0.1) is 0 Å². The second-order valence-corrected chi connectivity index (χ2v) is 11.6. The lowest BCUT2D eigenvalue weighted by atomic mass is 9.73. The summed E-state index contributed by atoms with van der Waals surface area (Å²) >= 11 is 0. The molecule has 0 aliphatic heterocycles. The van der Waals surface area contributed by atoms with Gasteiger partial charge in [0.15, 0.2) is 0 Å². The molecule has 0 bridgehead atoms. The van der Waals surface area contributed by atoms with Crippen LogP contribution in [0.15, 0.2) is 12.1 Å². The van der Waals surface area contributed by atoms with Crippen molar-refractivity contribution in [2.45, 2.75) is 142 Å². The molecule has 0 aliphatic carbocycles. The van der Waals surface area contributed by atoms with Crippen molar-refractivity contribution in [3.8, 4) is 11.5 Å². The zero-order chi connectivity index (χ0) is 28.6. The van der Waals surface area contributed by atoms with E-state index in [2.05, 4.69) is 13.8 Å². The fraction of sp³-hybridized carbons (Fsp3) is 0.750. The summed E-state index contributed by atoms with van der Waals surface area (Å²) in [7, 11) is 0. The van der Waals surface area contributed by atoms with Crippen molar-refractivity contribution in [2.24, 2.45) is 0 Å². The van der Waals surface area contributed by atoms with Gasteiger partial charge in [0.05, 0.1) is 13.2 Å². The number of aromatic hydroxyl groups is 2. The highest BCUT2D eigenvalue weighted by atomic mass is 16.5. The molecule has 0 radical (unpaired) electrons. The van der Waals surface area contributed by atoms with E-state index in [0.717, 1.165) is 51.4 Å². The van der Waals surface area contributed by atoms with Crippen LogP contribution >= 0.6 is 0 Å². The summed E-state index contributed by atoms with van der Waals surface area (Å²) in [5.74, 6) is -0.158. The van der Waals surface area contributed by atoms with E-state index in [0.29, 0.717) is 56.4 Å². The molecule has 1 unspecified atom stereocenters. The fourth-order valence-corrected chi connectivity index (χ4v) is 4.87. The molecule has 218 valence electrons. The molecular weight excluding hydrogens is 480 g/mol. The largest absolute Gasteiger partial charge is 0.508 e. The minimum absolute atomic E-state index is 0.120. The van der Waals surface area contributed by atoms with Crippen molar-refractivity contribution < 1.29 is 29.3 Å². The van der Waals surface area contributed by atoms with Crippen LogP contribution in [0.1, 0.15) is 143 Å². The molecule has 1 rings (SSSR count). The van der Waals surface area contributed by atoms with E-state index >= 15 is 0 Å². The van der Waals surface area contributed by atoms with E-state index in [4.69, 9.17) is 9.47 Å². The highest BCUT2D eigenvalue weighted by Crippen LogP contribution is 2.44. The molecule has 38 heavy (non-hydrogen) atoms. The number of hydrogen-bond donors (Lipinski definition) is 2. The minimum atomic E-state index is -0.480. The normalized spacial score (nSPS) is 13.2. The molecule has 1 aromatic rings. The second-order valence-electron chi connectivity index (χ2n) is 11.6. The Labute approximate surface area is 231 Å². The molecule has 0 aromatic heterocycles. The Hall–Kier alpha value is -2.24. The second kappa shape index (κ2) is 17.4. The van der Waals surface area contributed by atoms with Gasteiger partial charge in [-0.1, -0.05) is 80.1 Å². The van der Waals surface area contributed by atoms with Crippen LogP contribution in [0.2, 0.25) is 0 Å². The van der Waals surface area contributed by atoms with Gasteiger partial charge in [-0.05, 0) is 61.5 Å². The van der Waals surface area contributed by atoms with E-state index in [-0.39, 0.29) is 29.9 Å². The van der Waals surface area contributed by atoms with Crippen molar-refractivity contribution in [1.82, 2.24) is 0 Å². The van der Waals surface area contributed by atoms with Gasteiger partial charge in [-0.2, -0.15) is 0 Å². The lowest BCUT2D eigenvalue weighted by Gasteiger charge is -2.32. The molecule has 0 fully saturated rings. The minimum Gasteiger partial charge on any atom is -0.508 e. The number of phenolic OH excluding ortho intramolecular Hbond substituents is 2. The van der Waals surface area contributed by atoms with E-state index in [1.807, 2.05) is 27.7 Å². The van der Waals surface area contributed by atoms with Gasteiger partial charge in [0.25, 0.3) is 0 Å². The summed E-state index contributed by atoms with van der Waals surface area (Å²) in [6.45, 7) is 13.3. The first-order chi connectivity index (χ1) is 18.0. The average Bonchev–Trinajstić information content (AvgIpc) is 2.88. The summed E-state index contributed by atoms with van der Waals surface area (Å²) in [4.78, 5) is 24.4. The smallest absolute Gasteiger partial charge is 0.305 e. The number of carbonyl (C=O) groups is 2. The van der Waals surface area contributed by atoms with Crippen molar-refractivity contribution >= 4 is 11.9 Å². The van der Waals surface area contributed by atoms with Crippen LogP contribution in [0.5, 0.6) is 11.5 Å². The Morgan fingerprint density at radius 2 is 1.18 bits per heavy atom. The van der Waals surface area contributed by atoms with E-state index in [9.17, 15) is 19.8 Å². The lowest BCUT2D eigenvalue weighted by molar-refractivity contribution is -0.145. The van der Waals surface area contributed by atoms with Gasteiger partial charge in [0.1, 0.15) is 11.5 Å². The molecule has 1 aromatic carbocycles. The number of carbonyl (C=O) groups excluding carboxylic acids is 2. The summed E-state index contributed by atoms with van der Waals surface area (Å²) in [5, 5.41) is 22.0. The van der Waals surface area contributed by atoms with Crippen molar-refractivity contribution in [2.75, 3.05) is 13.2 Å². The maximum absolute atomic E-state index is 12.3. The highest BCUT2D eigenvalue weighted by Gasteiger charge is 2.32. The predicted molar refractivity (Wildman–Crippen MR) is 154 cm³/mol. The van der Waals surface area contributed by atoms with Gasteiger partial charge in [-0.25, -0.2) is 0 Å². The van der Waals surface area contributed by atoms with Crippen molar-refractivity contribution in [3.05, 3.63) is 23.3 Å². The summed E-state index contributed by atoms with van der Waals surface area (Å²) < 4.78 is 10.7. The average molecular weight is 535 g/mol. The third-order valence-corrected chi connectivity index (χ3v) is 7.86. The van der Waals surface area contributed by atoms with E-state index in [1.54, 1.807) is 12.1 Å². The number of esters is 2. The van der Waals surface area contributed by atoms with Crippen LogP contribution in [-0.2, 0) is 29.9 Å². The van der Waals surface area contributed by atoms with Gasteiger partial charge >= 0.3 is 11.9 Å². The molecule has 6 heteroatoms. The monoisotopic (exact) mass is 534 g/mol. The topological polar surface area (TPSA) is 93.1 Å². The molecule has 6 nitrogen and oxygen atoms in total. The molecule has 1 atom stereocenters. The maximum Gasteiger partial charge on any atom is 0.305 e. The van der Waals surface area contributed by atoms with Crippen LogP contribution in [0.3, 0.4) is 0 Å². The Morgan fingerprint density at radius 3 is 1.71 bits per heavy atom. The van der Waals surface area contributed by atoms with E-state index in [1.165, 1.54) is 0 Å². The van der Waals surface area contributed by atoms with Gasteiger partial charge in [-0.3, -0.25) is 9.59 Å². The molecule has 2 N–H and O–H groups in total. The van der Waals surface area contributed by atoms with Gasteiger partial charge in [-0.15, -0.1) is 0 Å². The standard InChI is InChI=1S/C32H54O6/c1-7-10-12-14-21-37-29(35)17-16-19-31(4,5)25-23-28(34)26(24-27(25)33)32(6,9-3)20-18-30(36)38-22-15-13-11-8-2/h23-24,33-34H,7-22H2,1-6H3. The number of hydrogen-bond acceptors (Lipinski definition) is 6. The van der Waals surface area contributed by atoms with Gasteiger partial charge < -0.3 is 19.7 Å². The summed E-state index contributed by atoms with van der Waals surface area (Å²) in [6.07, 6.45) is 11.7. The van der Waals surface area contributed by atoms with Crippen LogP contribution < -0.4 is 0 Å². The molecule has 0 amide bonds. The predicted octanol–water partition coefficient (Wildman–Crippen LogP) is 8.24.